The van der Waals surface area contributed by atoms with E-state index in [1.54, 1.807) is 0 Å². The Labute approximate surface area is 146 Å². The number of nitrogens with zero attached hydrogens (tertiary/aromatic N) is 1. The summed E-state index contributed by atoms with van der Waals surface area (Å²) in [6.45, 7) is 4.02. The molecule has 7 heteroatoms. The lowest BCUT2D eigenvalue weighted by Gasteiger charge is -2.35. The molecule has 2 aromatic rings. The second-order valence-electron chi connectivity index (χ2n) is 6.27. The smallest absolute Gasteiger partial charge is 0.246 e. The molecule has 1 atom stereocenters. The maximum Gasteiger partial charge on any atom is 0.246 e. The molecule has 0 bridgehead atoms. The first kappa shape index (κ1) is 18.0. The number of hydrogen-bond donors (Lipinski definition) is 1. The van der Waals surface area contributed by atoms with E-state index in [0.717, 1.165) is 12.1 Å². The molecule has 0 unspecified atom stereocenters. The number of hydrogen-bond acceptors (Lipinski definition) is 2. The third-order valence-corrected chi connectivity index (χ3v) is 6.72. The molecule has 4 nitrogen and oxygen atoms in total. The van der Waals surface area contributed by atoms with E-state index in [4.69, 9.17) is 0 Å². The molecule has 1 aliphatic heterocycles. The largest absolute Gasteiger partial charge is 0.327 e. The molecular weight excluding hydrogens is 346 g/mol. The highest BCUT2D eigenvalue weighted by molar-refractivity contribution is 7.89. The van der Waals surface area contributed by atoms with Gasteiger partial charge in [0.25, 0.3) is 0 Å². The number of quaternary nitrogens is 1. The zero-order valence-corrected chi connectivity index (χ0v) is 14.8. The van der Waals surface area contributed by atoms with Crippen LogP contribution in [0.15, 0.2) is 53.4 Å². The summed E-state index contributed by atoms with van der Waals surface area (Å²) in [4.78, 5) is 0.825. The molecule has 1 saturated heterocycles. The standard InChI is InChI=1S/C18H20F2N2O2S/c1-14(15-5-3-2-4-6-15)21-9-11-22(12-10-21)25(23,24)18-8-7-16(19)13-17(18)20/h2-8,13-14H,9-12H2,1H3/p+1/t14-/m1/s1. The predicted molar refractivity (Wildman–Crippen MR) is 90.7 cm³/mol. The minimum Gasteiger partial charge on any atom is -0.327 e. The van der Waals surface area contributed by atoms with Crippen molar-refractivity contribution in [3.05, 3.63) is 65.7 Å². The Bertz CT molecular complexity index is 835. The quantitative estimate of drug-likeness (QED) is 0.892. The fourth-order valence-corrected chi connectivity index (χ4v) is 4.73. The van der Waals surface area contributed by atoms with Crippen molar-refractivity contribution in [2.45, 2.75) is 17.9 Å². The lowest BCUT2D eigenvalue weighted by molar-refractivity contribution is -0.933. The van der Waals surface area contributed by atoms with E-state index in [1.165, 1.54) is 14.8 Å². The van der Waals surface area contributed by atoms with Crippen molar-refractivity contribution in [3.63, 3.8) is 0 Å². The van der Waals surface area contributed by atoms with Crippen LogP contribution in [0.5, 0.6) is 0 Å². The van der Waals surface area contributed by atoms with E-state index >= 15 is 0 Å². The molecule has 1 fully saturated rings. The summed E-state index contributed by atoms with van der Waals surface area (Å²) in [6, 6.07) is 12.9. The Morgan fingerprint density at radius 2 is 1.68 bits per heavy atom. The number of rotatable bonds is 4. The van der Waals surface area contributed by atoms with Crippen molar-refractivity contribution in [1.82, 2.24) is 4.31 Å². The second-order valence-corrected chi connectivity index (χ2v) is 8.18. The number of sulfonamides is 1. The summed E-state index contributed by atoms with van der Waals surface area (Å²) in [5, 5.41) is 0. The third kappa shape index (κ3) is 3.73. The van der Waals surface area contributed by atoms with Crippen molar-refractivity contribution in [3.8, 4) is 0 Å². The van der Waals surface area contributed by atoms with Crippen LogP contribution in [0.3, 0.4) is 0 Å². The first-order chi connectivity index (χ1) is 11.9. The maximum atomic E-state index is 13.9. The van der Waals surface area contributed by atoms with Crippen molar-refractivity contribution in [2.75, 3.05) is 26.2 Å². The van der Waals surface area contributed by atoms with Gasteiger partial charge in [-0.2, -0.15) is 4.31 Å². The molecule has 1 aliphatic rings. The van der Waals surface area contributed by atoms with Gasteiger partial charge in [-0.1, -0.05) is 30.3 Å². The van der Waals surface area contributed by atoms with Gasteiger partial charge in [-0.15, -0.1) is 0 Å². The molecule has 0 saturated carbocycles. The van der Waals surface area contributed by atoms with Gasteiger partial charge in [0, 0.05) is 11.6 Å². The van der Waals surface area contributed by atoms with Crippen LogP contribution >= 0.6 is 0 Å². The normalized spacial score (nSPS) is 18.2. The van der Waals surface area contributed by atoms with Gasteiger partial charge in [0.15, 0.2) is 0 Å². The molecular formula is C18H21F2N2O2S+. The maximum absolute atomic E-state index is 13.9. The van der Waals surface area contributed by atoms with Gasteiger partial charge >= 0.3 is 0 Å². The van der Waals surface area contributed by atoms with Gasteiger partial charge in [-0.05, 0) is 19.1 Å². The van der Waals surface area contributed by atoms with E-state index in [0.29, 0.717) is 32.2 Å². The molecule has 1 heterocycles. The zero-order chi connectivity index (χ0) is 18.0. The van der Waals surface area contributed by atoms with Gasteiger partial charge in [0.2, 0.25) is 10.0 Å². The summed E-state index contributed by atoms with van der Waals surface area (Å²) in [7, 11) is -3.94. The fourth-order valence-electron chi connectivity index (χ4n) is 3.25. The average molecular weight is 367 g/mol. The van der Waals surface area contributed by atoms with Crippen molar-refractivity contribution >= 4 is 10.0 Å². The van der Waals surface area contributed by atoms with E-state index in [2.05, 4.69) is 19.1 Å². The molecule has 2 aromatic carbocycles. The summed E-state index contributed by atoms with van der Waals surface area (Å²) in [5.74, 6) is -1.84. The molecule has 0 spiro atoms. The molecule has 1 N–H and O–H groups in total. The van der Waals surface area contributed by atoms with Crippen LogP contribution in [0.2, 0.25) is 0 Å². The Balaban J connectivity index is 1.71. The molecule has 0 amide bonds. The van der Waals surface area contributed by atoms with Crippen LogP contribution in [-0.4, -0.2) is 38.9 Å². The number of piperazine rings is 1. The van der Waals surface area contributed by atoms with Crippen molar-refractivity contribution in [1.29, 1.82) is 0 Å². The SMILES string of the molecule is C[C@H](c1ccccc1)[NH+]1CCN(S(=O)(=O)c2ccc(F)cc2F)CC1. The first-order valence-electron chi connectivity index (χ1n) is 8.24. The van der Waals surface area contributed by atoms with Crippen LogP contribution in [0.1, 0.15) is 18.5 Å². The zero-order valence-electron chi connectivity index (χ0n) is 14.0. The molecule has 3 rings (SSSR count). The van der Waals surface area contributed by atoms with Gasteiger partial charge in [0.1, 0.15) is 22.6 Å². The predicted octanol–water partition coefficient (Wildman–Crippen LogP) is 1.62. The topological polar surface area (TPSA) is 41.8 Å². The average Bonchev–Trinajstić information content (AvgIpc) is 2.61. The summed E-state index contributed by atoms with van der Waals surface area (Å²) < 4.78 is 53.4. The van der Waals surface area contributed by atoms with Crippen molar-refractivity contribution < 1.29 is 22.1 Å². The van der Waals surface area contributed by atoms with E-state index in [1.807, 2.05) is 18.2 Å². The molecule has 134 valence electrons. The van der Waals surface area contributed by atoms with E-state index in [-0.39, 0.29) is 6.04 Å². The Hall–Kier alpha value is -1.83. The van der Waals surface area contributed by atoms with Gasteiger partial charge in [-0.25, -0.2) is 17.2 Å². The minimum atomic E-state index is -3.94. The number of halogens is 2. The van der Waals surface area contributed by atoms with E-state index < -0.39 is 26.6 Å². The number of nitrogens with one attached hydrogen (secondary N) is 1. The highest BCUT2D eigenvalue weighted by atomic mass is 32.2. The van der Waals surface area contributed by atoms with Gasteiger partial charge < -0.3 is 4.90 Å². The molecule has 0 aromatic heterocycles. The molecule has 25 heavy (non-hydrogen) atoms. The summed E-state index contributed by atoms with van der Waals surface area (Å²) in [6.07, 6.45) is 0. The first-order valence-corrected chi connectivity index (χ1v) is 9.68. The highest BCUT2D eigenvalue weighted by Gasteiger charge is 2.34. The third-order valence-electron chi connectivity index (χ3n) is 4.79. The monoisotopic (exact) mass is 367 g/mol. The van der Waals surface area contributed by atoms with Crippen LogP contribution in [0, 0.1) is 11.6 Å². The van der Waals surface area contributed by atoms with Crippen LogP contribution < -0.4 is 4.90 Å². The lowest BCUT2D eigenvalue weighted by Crippen LogP contribution is -3.14. The minimum absolute atomic E-state index is 0.258. The number of benzene rings is 2. The van der Waals surface area contributed by atoms with E-state index in [9.17, 15) is 17.2 Å². The lowest BCUT2D eigenvalue weighted by atomic mass is 10.1. The van der Waals surface area contributed by atoms with Crippen LogP contribution in [0.4, 0.5) is 8.78 Å². The summed E-state index contributed by atoms with van der Waals surface area (Å²) in [5.41, 5.74) is 1.21. The highest BCUT2D eigenvalue weighted by Crippen LogP contribution is 2.20. The molecule has 0 radical (unpaired) electrons. The Kier molecular flexibility index (Phi) is 5.17. The fraction of sp³-hybridized carbons (Fsp3) is 0.333. The van der Waals surface area contributed by atoms with Gasteiger partial charge in [-0.3, -0.25) is 0 Å². The summed E-state index contributed by atoms with van der Waals surface area (Å²) >= 11 is 0. The van der Waals surface area contributed by atoms with Gasteiger partial charge in [0.05, 0.1) is 26.2 Å². The Morgan fingerprint density at radius 3 is 2.28 bits per heavy atom. The van der Waals surface area contributed by atoms with Crippen molar-refractivity contribution in [2.24, 2.45) is 0 Å². The molecule has 0 aliphatic carbocycles. The second kappa shape index (κ2) is 7.19. The Morgan fingerprint density at radius 1 is 1.04 bits per heavy atom. The van der Waals surface area contributed by atoms with Crippen LogP contribution in [-0.2, 0) is 10.0 Å². The van der Waals surface area contributed by atoms with Crippen LogP contribution in [0.25, 0.3) is 0 Å².